The summed E-state index contributed by atoms with van der Waals surface area (Å²) in [6.45, 7) is 4.67. The molecule has 7 heteroatoms. The number of fused-ring (bicyclic) bond motifs is 1. The van der Waals surface area contributed by atoms with Crippen LogP contribution in [0, 0.1) is 11.2 Å². The molecule has 1 fully saturated rings. The van der Waals surface area contributed by atoms with Gasteiger partial charge >= 0.3 is 0 Å². The molecular weight excluding hydrogens is 397 g/mol. The summed E-state index contributed by atoms with van der Waals surface area (Å²) in [5, 5.41) is 7.04. The van der Waals surface area contributed by atoms with Gasteiger partial charge in [-0.3, -0.25) is 9.59 Å². The number of allylic oxidation sites excluding steroid dienone is 1. The van der Waals surface area contributed by atoms with Gasteiger partial charge in [0.2, 0.25) is 5.91 Å². The van der Waals surface area contributed by atoms with E-state index in [-0.39, 0.29) is 35.9 Å². The maximum atomic E-state index is 14.3. The second kappa shape index (κ2) is 8.65. The maximum absolute atomic E-state index is 14.3. The molecule has 1 saturated carbocycles. The van der Waals surface area contributed by atoms with E-state index in [9.17, 15) is 14.0 Å². The average Bonchev–Trinajstić information content (AvgIpc) is 3.36. The van der Waals surface area contributed by atoms with E-state index in [1.54, 1.807) is 17.0 Å². The molecule has 0 bridgehead atoms. The Morgan fingerprint density at radius 3 is 2.87 bits per heavy atom. The lowest BCUT2D eigenvalue weighted by molar-refractivity contribution is -0.133. The highest BCUT2D eigenvalue weighted by Gasteiger charge is 2.52. The fraction of sp³-hybridized carbons (Fsp3) is 0.458. The van der Waals surface area contributed by atoms with E-state index in [0.717, 1.165) is 18.5 Å². The molecule has 2 aromatic rings. The van der Waals surface area contributed by atoms with Gasteiger partial charge in [0.15, 0.2) is 5.76 Å². The van der Waals surface area contributed by atoms with Crippen LogP contribution in [0.15, 0.2) is 47.0 Å². The van der Waals surface area contributed by atoms with Crippen molar-refractivity contribution in [3.05, 3.63) is 65.3 Å². The number of hydrogen-bond acceptors (Lipinski definition) is 4. The van der Waals surface area contributed by atoms with Crippen molar-refractivity contribution in [2.75, 3.05) is 6.54 Å². The number of carbonyl (C=O) groups excluding carboxylic acids is 2. The van der Waals surface area contributed by atoms with Crippen molar-refractivity contribution in [1.29, 1.82) is 0 Å². The van der Waals surface area contributed by atoms with Crippen molar-refractivity contribution in [3.63, 3.8) is 0 Å². The molecule has 1 aromatic heterocycles. The Morgan fingerprint density at radius 1 is 1.32 bits per heavy atom. The van der Waals surface area contributed by atoms with E-state index in [4.69, 9.17) is 4.52 Å². The molecule has 1 aliphatic heterocycles. The summed E-state index contributed by atoms with van der Waals surface area (Å²) >= 11 is 0. The number of rotatable bonds is 5. The molecule has 2 heterocycles. The van der Waals surface area contributed by atoms with Crippen LogP contribution in [-0.4, -0.2) is 34.5 Å². The van der Waals surface area contributed by atoms with Gasteiger partial charge in [0.1, 0.15) is 5.82 Å². The number of aromatic nitrogens is 1. The molecule has 6 nitrogen and oxygen atoms in total. The zero-order valence-electron chi connectivity index (χ0n) is 17.9. The fourth-order valence-corrected chi connectivity index (χ4v) is 4.75. The highest BCUT2D eigenvalue weighted by molar-refractivity contribution is 5.96. The van der Waals surface area contributed by atoms with Gasteiger partial charge in [-0.25, -0.2) is 4.39 Å². The van der Waals surface area contributed by atoms with Crippen LogP contribution in [0.3, 0.4) is 0 Å². The normalized spacial score (nSPS) is 23.0. The summed E-state index contributed by atoms with van der Waals surface area (Å²) in [6.07, 6.45) is 6.66. The first-order valence-electron chi connectivity index (χ1n) is 10.9. The molecule has 2 aliphatic rings. The Hall–Kier alpha value is -2.96. The van der Waals surface area contributed by atoms with Crippen LogP contribution in [0.1, 0.15) is 67.3 Å². The van der Waals surface area contributed by atoms with Gasteiger partial charge in [-0.2, -0.15) is 0 Å². The molecule has 2 amide bonds. The highest BCUT2D eigenvalue weighted by Crippen LogP contribution is 2.46. The monoisotopic (exact) mass is 425 g/mol. The molecule has 1 aromatic carbocycles. The zero-order chi connectivity index (χ0) is 22.0. The van der Waals surface area contributed by atoms with Gasteiger partial charge in [-0.05, 0) is 37.3 Å². The molecule has 0 spiro atoms. The molecule has 0 radical (unpaired) electrons. The zero-order valence-corrected chi connectivity index (χ0v) is 17.9. The first-order valence-corrected chi connectivity index (χ1v) is 10.9. The van der Waals surface area contributed by atoms with Crippen molar-refractivity contribution in [3.8, 4) is 0 Å². The Bertz CT molecular complexity index is 999. The SMILES string of the molecule is CC(C)c1cc(CNC(=O)[C@@]23CC=CCN(C(=O)c4ccccc4F)[C@@H]2CCC3)on1. The van der Waals surface area contributed by atoms with Gasteiger partial charge in [0.25, 0.3) is 5.91 Å². The third-order valence-corrected chi connectivity index (χ3v) is 6.47. The average molecular weight is 426 g/mol. The minimum atomic E-state index is -0.727. The van der Waals surface area contributed by atoms with Crippen molar-refractivity contribution >= 4 is 11.8 Å². The van der Waals surface area contributed by atoms with Gasteiger partial charge in [-0.15, -0.1) is 0 Å². The number of nitrogens with zero attached hydrogens (tertiary/aromatic N) is 2. The lowest BCUT2D eigenvalue weighted by Gasteiger charge is -2.39. The Balaban J connectivity index is 1.55. The largest absolute Gasteiger partial charge is 0.359 e. The van der Waals surface area contributed by atoms with Crippen LogP contribution >= 0.6 is 0 Å². The summed E-state index contributed by atoms with van der Waals surface area (Å²) in [5.74, 6) is -0.164. The second-order valence-electron chi connectivity index (χ2n) is 8.73. The molecule has 0 unspecified atom stereocenters. The van der Waals surface area contributed by atoms with E-state index in [0.29, 0.717) is 25.1 Å². The summed E-state index contributed by atoms with van der Waals surface area (Å²) < 4.78 is 19.6. The third-order valence-electron chi connectivity index (χ3n) is 6.47. The minimum absolute atomic E-state index is 0.0434. The topological polar surface area (TPSA) is 75.4 Å². The van der Waals surface area contributed by atoms with Crippen LogP contribution < -0.4 is 5.32 Å². The van der Waals surface area contributed by atoms with Crippen LogP contribution in [0.5, 0.6) is 0 Å². The Kier molecular flexibility index (Phi) is 5.94. The van der Waals surface area contributed by atoms with Gasteiger partial charge in [0, 0.05) is 18.7 Å². The predicted molar refractivity (Wildman–Crippen MR) is 114 cm³/mol. The summed E-state index contributed by atoms with van der Waals surface area (Å²) in [7, 11) is 0. The number of halogens is 1. The van der Waals surface area contributed by atoms with Gasteiger partial charge in [-0.1, -0.05) is 49.7 Å². The summed E-state index contributed by atoms with van der Waals surface area (Å²) in [4.78, 5) is 28.3. The highest BCUT2D eigenvalue weighted by atomic mass is 19.1. The van der Waals surface area contributed by atoms with Crippen molar-refractivity contribution in [2.24, 2.45) is 5.41 Å². The third kappa shape index (κ3) is 4.01. The molecule has 1 aliphatic carbocycles. The van der Waals surface area contributed by atoms with Crippen LogP contribution in [0.25, 0.3) is 0 Å². The number of benzene rings is 1. The van der Waals surface area contributed by atoms with Gasteiger partial charge in [0.05, 0.1) is 23.2 Å². The molecule has 4 rings (SSSR count). The lowest BCUT2D eigenvalue weighted by atomic mass is 9.77. The molecule has 164 valence electrons. The summed E-state index contributed by atoms with van der Waals surface area (Å²) in [6, 6.07) is 7.58. The molecule has 31 heavy (non-hydrogen) atoms. The van der Waals surface area contributed by atoms with Crippen molar-refractivity contribution in [2.45, 2.75) is 58.0 Å². The molecule has 1 N–H and O–H groups in total. The van der Waals surface area contributed by atoms with Crippen molar-refractivity contribution in [1.82, 2.24) is 15.4 Å². The number of nitrogens with one attached hydrogen (secondary N) is 1. The van der Waals surface area contributed by atoms with Crippen LogP contribution in [0.2, 0.25) is 0 Å². The lowest BCUT2D eigenvalue weighted by Crippen LogP contribution is -2.53. The van der Waals surface area contributed by atoms with Crippen molar-refractivity contribution < 1.29 is 18.5 Å². The second-order valence-corrected chi connectivity index (χ2v) is 8.73. The number of amides is 2. The summed E-state index contributed by atoms with van der Waals surface area (Å²) in [5.41, 5.74) is 0.163. The quantitative estimate of drug-likeness (QED) is 0.729. The molecular formula is C24H28FN3O3. The predicted octanol–water partition coefficient (Wildman–Crippen LogP) is 4.19. The molecule has 2 atom stereocenters. The van der Waals surface area contributed by atoms with Crippen LogP contribution in [-0.2, 0) is 11.3 Å². The van der Waals surface area contributed by atoms with E-state index in [2.05, 4.69) is 10.5 Å². The van der Waals surface area contributed by atoms with E-state index in [1.807, 2.05) is 32.1 Å². The van der Waals surface area contributed by atoms with E-state index < -0.39 is 11.2 Å². The van der Waals surface area contributed by atoms with Gasteiger partial charge < -0.3 is 14.7 Å². The van der Waals surface area contributed by atoms with E-state index in [1.165, 1.54) is 12.1 Å². The Labute approximate surface area is 181 Å². The Morgan fingerprint density at radius 2 is 2.13 bits per heavy atom. The first kappa shape index (κ1) is 21.3. The number of hydrogen-bond donors (Lipinski definition) is 1. The standard InChI is InChI=1S/C24H28FN3O3/c1-16(2)20-14-17(31-27-20)15-26-23(30)24-11-5-6-13-28(21(24)10-7-12-24)22(29)18-8-3-4-9-19(18)25/h3-6,8-9,14,16,21H,7,10-13,15H2,1-2H3,(H,26,30)/t21-,24-/m1/s1. The smallest absolute Gasteiger partial charge is 0.257 e. The van der Waals surface area contributed by atoms with Crippen LogP contribution in [0.4, 0.5) is 4.39 Å². The first-order chi connectivity index (χ1) is 14.9. The number of carbonyl (C=O) groups is 2. The minimum Gasteiger partial charge on any atom is -0.359 e. The maximum Gasteiger partial charge on any atom is 0.257 e. The molecule has 0 saturated heterocycles. The fourth-order valence-electron chi connectivity index (χ4n) is 4.75. The van der Waals surface area contributed by atoms with E-state index >= 15 is 0 Å².